The summed E-state index contributed by atoms with van der Waals surface area (Å²) in [6, 6.07) is 21.9. The van der Waals surface area contributed by atoms with Crippen LogP contribution in [0.15, 0.2) is 77.7 Å². The van der Waals surface area contributed by atoms with E-state index in [2.05, 4.69) is 9.46 Å². The zero-order valence-electron chi connectivity index (χ0n) is 17.5. The second kappa shape index (κ2) is 10.3. The van der Waals surface area contributed by atoms with E-state index < -0.39 is 16.0 Å². The van der Waals surface area contributed by atoms with Crippen molar-refractivity contribution >= 4 is 16.0 Å². The van der Waals surface area contributed by atoms with E-state index in [1.54, 1.807) is 6.92 Å². The van der Waals surface area contributed by atoms with Gasteiger partial charge in [-0.25, -0.2) is 17.9 Å². The molecule has 0 atom stereocenters. The highest BCUT2D eigenvalue weighted by Crippen LogP contribution is 2.18. The Morgan fingerprint density at radius 1 is 0.871 bits per heavy atom. The predicted molar refractivity (Wildman–Crippen MR) is 118 cm³/mol. The van der Waals surface area contributed by atoms with Crippen LogP contribution in [0.4, 0.5) is 0 Å². The van der Waals surface area contributed by atoms with E-state index in [1.807, 2.05) is 54.6 Å². The second-order valence-corrected chi connectivity index (χ2v) is 8.83. The lowest BCUT2D eigenvalue weighted by atomic mass is 10.1. The van der Waals surface area contributed by atoms with Crippen LogP contribution >= 0.6 is 0 Å². The standard InChI is InChI=1S/C24H25NO5S/c1-18-13-22(24(26)29-2)11-12-23(18)31(27,28)25-15-20-9-6-10-21(14-20)17-30-16-19-7-4-3-5-8-19/h3-14,25H,15-17H2,1-2H3. The van der Waals surface area contributed by atoms with Crippen molar-refractivity contribution in [2.45, 2.75) is 31.6 Å². The fourth-order valence-corrected chi connectivity index (χ4v) is 4.38. The topological polar surface area (TPSA) is 81.7 Å². The van der Waals surface area contributed by atoms with Gasteiger partial charge in [-0.3, -0.25) is 0 Å². The van der Waals surface area contributed by atoms with Gasteiger partial charge in [-0.2, -0.15) is 0 Å². The van der Waals surface area contributed by atoms with Crippen molar-refractivity contribution in [3.8, 4) is 0 Å². The normalized spacial score (nSPS) is 11.3. The molecule has 0 fully saturated rings. The Balaban J connectivity index is 1.61. The SMILES string of the molecule is COC(=O)c1ccc(S(=O)(=O)NCc2cccc(COCc3ccccc3)c2)c(C)c1. The zero-order valence-corrected chi connectivity index (χ0v) is 18.3. The minimum Gasteiger partial charge on any atom is -0.465 e. The monoisotopic (exact) mass is 439 g/mol. The molecule has 162 valence electrons. The summed E-state index contributed by atoms with van der Waals surface area (Å²) in [6.07, 6.45) is 0. The Morgan fingerprint density at radius 2 is 1.55 bits per heavy atom. The molecule has 0 aliphatic carbocycles. The van der Waals surface area contributed by atoms with Crippen molar-refractivity contribution in [1.29, 1.82) is 0 Å². The summed E-state index contributed by atoms with van der Waals surface area (Å²) < 4.78 is 38.5. The van der Waals surface area contributed by atoms with Crippen LogP contribution in [0, 0.1) is 6.92 Å². The number of carbonyl (C=O) groups excluding carboxylic acids is 1. The molecule has 6 nitrogen and oxygen atoms in total. The first-order valence-electron chi connectivity index (χ1n) is 9.77. The number of rotatable bonds is 9. The third-order valence-corrected chi connectivity index (χ3v) is 6.28. The molecule has 0 bridgehead atoms. The van der Waals surface area contributed by atoms with Crippen LogP contribution < -0.4 is 4.72 Å². The lowest BCUT2D eigenvalue weighted by Gasteiger charge is -2.11. The maximum Gasteiger partial charge on any atom is 0.337 e. The van der Waals surface area contributed by atoms with E-state index >= 15 is 0 Å². The molecule has 7 heteroatoms. The number of hydrogen-bond acceptors (Lipinski definition) is 5. The van der Waals surface area contributed by atoms with Gasteiger partial charge in [0.15, 0.2) is 0 Å². The molecule has 0 saturated heterocycles. The molecule has 31 heavy (non-hydrogen) atoms. The summed E-state index contributed by atoms with van der Waals surface area (Å²) in [5.74, 6) is -0.508. The molecule has 1 N–H and O–H groups in total. The van der Waals surface area contributed by atoms with Gasteiger partial charge in [-0.05, 0) is 47.4 Å². The summed E-state index contributed by atoms with van der Waals surface area (Å²) in [4.78, 5) is 11.8. The van der Waals surface area contributed by atoms with Crippen LogP contribution in [-0.2, 0) is 39.3 Å². The van der Waals surface area contributed by atoms with Crippen LogP contribution in [0.3, 0.4) is 0 Å². The van der Waals surface area contributed by atoms with E-state index in [0.717, 1.165) is 16.7 Å². The molecule has 0 heterocycles. The zero-order chi connectivity index (χ0) is 22.3. The van der Waals surface area contributed by atoms with Gasteiger partial charge in [0.05, 0.1) is 30.8 Å². The number of nitrogens with one attached hydrogen (secondary N) is 1. The quantitative estimate of drug-likeness (QED) is 0.510. The molecule has 0 aromatic heterocycles. The predicted octanol–water partition coefficient (Wildman–Crippen LogP) is 3.98. The average molecular weight is 440 g/mol. The van der Waals surface area contributed by atoms with Crippen molar-refractivity contribution in [1.82, 2.24) is 4.72 Å². The van der Waals surface area contributed by atoms with Crippen LogP contribution in [0.2, 0.25) is 0 Å². The highest BCUT2D eigenvalue weighted by atomic mass is 32.2. The van der Waals surface area contributed by atoms with E-state index in [9.17, 15) is 13.2 Å². The van der Waals surface area contributed by atoms with Crippen molar-refractivity contribution in [3.05, 3.63) is 101 Å². The number of methoxy groups -OCH3 is 1. The number of sulfonamides is 1. The van der Waals surface area contributed by atoms with Gasteiger partial charge < -0.3 is 9.47 Å². The van der Waals surface area contributed by atoms with Crippen molar-refractivity contribution in [3.63, 3.8) is 0 Å². The molecular weight excluding hydrogens is 414 g/mol. The second-order valence-electron chi connectivity index (χ2n) is 7.09. The Morgan fingerprint density at radius 3 is 2.26 bits per heavy atom. The Bertz CT molecular complexity index is 1140. The Labute approximate surface area is 182 Å². The third-order valence-electron chi connectivity index (χ3n) is 4.72. The fourth-order valence-electron chi connectivity index (χ4n) is 3.14. The molecule has 3 rings (SSSR count). The molecule has 3 aromatic rings. The van der Waals surface area contributed by atoms with Crippen LogP contribution in [-0.4, -0.2) is 21.5 Å². The molecule has 3 aromatic carbocycles. The van der Waals surface area contributed by atoms with Crippen LogP contribution in [0.25, 0.3) is 0 Å². The number of ether oxygens (including phenoxy) is 2. The molecule has 0 amide bonds. The first kappa shape index (κ1) is 22.7. The number of aryl methyl sites for hydroxylation is 1. The molecular formula is C24H25NO5S. The molecule has 0 saturated carbocycles. The van der Waals surface area contributed by atoms with E-state index in [4.69, 9.17) is 4.74 Å². The van der Waals surface area contributed by atoms with Crippen molar-refractivity contribution < 1.29 is 22.7 Å². The first-order valence-corrected chi connectivity index (χ1v) is 11.3. The molecule has 0 aliphatic rings. The third kappa shape index (κ3) is 6.24. The van der Waals surface area contributed by atoms with Gasteiger partial charge in [0, 0.05) is 6.54 Å². The van der Waals surface area contributed by atoms with E-state index in [0.29, 0.717) is 24.3 Å². The van der Waals surface area contributed by atoms with Crippen molar-refractivity contribution in [2.75, 3.05) is 7.11 Å². The van der Waals surface area contributed by atoms with E-state index in [1.165, 1.54) is 25.3 Å². The van der Waals surface area contributed by atoms with E-state index in [-0.39, 0.29) is 11.4 Å². The summed E-state index contributed by atoms with van der Waals surface area (Å²) in [5.41, 5.74) is 3.67. The van der Waals surface area contributed by atoms with Gasteiger partial charge in [0.2, 0.25) is 10.0 Å². The smallest absolute Gasteiger partial charge is 0.337 e. The van der Waals surface area contributed by atoms with Gasteiger partial charge in [-0.15, -0.1) is 0 Å². The van der Waals surface area contributed by atoms with Gasteiger partial charge in [-0.1, -0.05) is 54.6 Å². The fraction of sp³-hybridized carbons (Fsp3) is 0.208. The summed E-state index contributed by atoms with van der Waals surface area (Å²) in [7, 11) is -2.46. The number of benzene rings is 3. The van der Waals surface area contributed by atoms with Crippen LogP contribution in [0.1, 0.15) is 32.6 Å². The highest BCUT2D eigenvalue weighted by molar-refractivity contribution is 7.89. The maximum absolute atomic E-state index is 12.7. The van der Waals surface area contributed by atoms with Crippen molar-refractivity contribution in [2.24, 2.45) is 0 Å². The maximum atomic E-state index is 12.7. The largest absolute Gasteiger partial charge is 0.465 e. The van der Waals surface area contributed by atoms with Crippen LogP contribution in [0.5, 0.6) is 0 Å². The van der Waals surface area contributed by atoms with Gasteiger partial charge >= 0.3 is 5.97 Å². The lowest BCUT2D eigenvalue weighted by Crippen LogP contribution is -2.24. The molecule has 0 spiro atoms. The minimum absolute atomic E-state index is 0.127. The average Bonchev–Trinajstić information content (AvgIpc) is 2.78. The van der Waals surface area contributed by atoms with Gasteiger partial charge in [0.1, 0.15) is 0 Å². The molecule has 0 radical (unpaired) electrons. The molecule has 0 aliphatic heterocycles. The first-order chi connectivity index (χ1) is 14.9. The van der Waals surface area contributed by atoms with Gasteiger partial charge in [0.25, 0.3) is 0 Å². The Hall–Kier alpha value is -3.00. The lowest BCUT2D eigenvalue weighted by molar-refractivity contribution is 0.0600. The minimum atomic E-state index is -3.74. The highest BCUT2D eigenvalue weighted by Gasteiger charge is 2.18. The number of hydrogen-bond donors (Lipinski definition) is 1. The number of carbonyl (C=O) groups is 1. The summed E-state index contributed by atoms with van der Waals surface area (Å²) >= 11 is 0. The number of esters is 1. The Kier molecular flexibility index (Phi) is 7.57. The summed E-state index contributed by atoms with van der Waals surface area (Å²) in [6.45, 7) is 2.74. The summed E-state index contributed by atoms with van der Waals surface area (Å²) in [5, 5.41) is 0. The molecule has 0 unspecified atom stereocenters.